The van der Waals surface area contributed by atoms with Gasteiger partial charge in [0.15, 0.2) is 0 Å². The molecule has 2 rings (SSSR count). The summed E-state index contributed by atoms with van der Waals surface area (Å²) >= 11 is 0. The van der Waals surface area contributed by atoms with Crippen LogP contribution in [0.15, 0.2) is 18.2 Å². The third kappa shape index (κ3) is 1.37. The highest BCUT2D eigenvalue weighted by Gasteiger charge is 2.41. The quantitative estimate of drug-likeness (QED) is 0.410. The van der Waals surface area contributed by atoms with E-state index < -0.39 is 0 Å². The molecule has 1 heterocycles. The molecule has 0 bridgehead atoms. The minimum absolute atomic E-state index is 0.166. The van der Waals surface area contributed by atoms with Crippen LogP contribution in [0.4, 0.5) is 5.69 Å². The normalized spacial score (nSPS) is 24.7. The van der Waals surface area contributed by atoms with E-state index in [-0.39, 0.29) is 16.2 Å². The molecule has 4 heteroatoms. The molecule has 0 aromatic heterocycles. The predicted molar refractivity (Wildman–Crippen MR) is 51.1 cm³/mol. The average molecular weight is 193 g/mol. The van der Waals surface area contributed by atoms with Crippen LogP contribution in [-0.2, 0) is 10.3 Å². The van der Waals surface area contributed by atoms with Crippen LogP contribution in [0.2, 0.25) is 0 Å². The highest BCUT2D eigenvalue weighted by atomic mass is 16.6. The van der Waals surface area contributed by atoms with E-state index in [1.54, 1.807) is 19.1 Å². The molecule has 1 aromatic carbocycles. The SMILES string of the molecule is Cc1ccc(C2(C)CO2)cc1[N+](=O)[O-]. The molecule has 0 saturated carbocycles. The molecule has 1 aliphatic heterocycles. The number of benzene rings is 1. The third-order valence-electron chi connectivity index (χ3n) is 2.59. The largest absolute Gasteiger partial charge is 0.365 e. The van der Waals surface area contributed by atoms with Crippen molar-refractivity contribution in [3.8, 4) is 0 Å². The maximum Gasteiger partial charge on any atom is 0.272 e. The van der Waals surface area contributed by atoms with Gasteiger partial charge in [-0.3, -0.25) is 10.1 Å². The van der Waals surface area contributed by atoms with Crippen molar-refractivity contribution < 1.29 is 9.66 Å². The molecule has 1 aromatic rings. The van der Waals surface area contributed by atoms with E-state index in [1.165, 1.54) is 0 Å². The van der Waals surface area contributed by atoms with E-state index in [9.17, 15) is 10.1 Å². The number of nitro benzene ring substituents is 1. The number of hydrogen-bond acceptors (Lipinski definition) is 3. The van der Waals surface area contributed by atoms with Gasteiger partial charge in [-0.25, -0.2) is 0 Å². The lowest BCUT2D eigenvalue weighted by Gasteiger charge is -2.05. The zero-order chi connectivity index (χ0) is 10.3. The second kappa shape index (κ2) is 2.78. The standard InChI is InChI=1S/C10H11NO3/c1-7-3-4-8(10(2)6-14-10)5-9(7)11(12)13/h3-5H,6H2,1-2H3. The maximum absolute atomic E-state index is 10.7. The van der Waals surface area contributed by atoms with Crippen LogP contribution >= 0.6 is 0 Å². The first kappa shape index (κ1) is 9.15. The van der Waals surface area contributed by atoms with Crippen molar-refractivity contribution in [1.82, 2.24) is 0 Å². The lowest BCUT2D eigenvalue weighted by molar-refractivity contribution is -0.385. The molecule has 74 valence electrons. The van der Waals surface area contributed by atoms with Crippen LogP contribution < -0.4 is 0 Å². The van der Waals surface area contributed by atoms with E-state index in [1.807, 2.05) is 13.0 Å². The van der Waals surface area contributed by atoms with Crippen molar-refractivity contribution in [3.05, 3.63) is 39.4 Å². The minimum Gasteiger partial charge on any atom is -0.365 e. The fraction of sp³-hybridized carbons (Fsp3) is 0.400. The minimum atomic E-state index is -0.357. The molecule has 1 aliphatic rings. The molecular formula is C10H11NO3. The summed E-state index contributed by atoms with van der Waals surface area (Å²) in [7, 11) is 0. The summed E-state index contributed by atoms with van der Waals surface area (Å²) in [5.41, 5.74) is 1.44. The molecule has 4 nitrogen and oxygen atoms in total. The van der Waals surface area contributed by atoms with Crippen molar-refractivity contribution in [3.63, 3.8) is 0 Å². The maximum atomic E-state index is 10.7. The van der Waals surface area contributed by atoms with Gasteiger partial charge < -0.3 is 4.74 Å². The Morgan fingerprint density at radius 2 is 2.21 bits per heavy atom. The van der Waals surface area contributed by atoms with Crippen LogP contribution in [0.3, 0.4) is 0 Å². The van der Waals surface area contributed by atoms with Crippen LogP contribution in [0.1, 0.15) is 18.1 Å². The Balaban J connectivity index is 2.46. The summed E-state index contributed by atoms with van der Waals surface area (Å²) in [5.74, 6) is 0. The molecule has 1 saturated heterocycles. The summed E-state index contributed by atoms with van der Waals surface area (Å²) in [5, 5.41) is 10.7. The van der Waals surface area contributed by atoms with Crippen molar-refractivity contribution in [2.75, 3.05) is 6.61 Å². The van der Waals surface area contributed by atoms with Crippen LogP contribution in [0.5, 0.6) is 0 Å². The van der Waals surface area contributed by atoms with Gasteiger partial charge in [0.05, 0.1) is 11.5 Å². The van der Waals surface area contributed by atoms with E-state index in [4.69, 9.17) is 4.74 Å². The van der Waals surface area contributed by atoms with Crippen LogP contribution in [0, 0.1) is 17.0 Å². The zero-order valence-electron chi connectivity index (χ0n) is 8.11. The fourth-order valence-corrected chi connectivity index (χ4v) is 1.41. The number of epoxide rings is 1. The first-order chi connectivity index (χ1) is 6.53. The summed E-state index contributed by atoms with van der Waals surface area (Å²) in [6.45, 7) is 4.31. The number of rotatable bonds is 2. The molecule has 0 amide bonds. The second-order valence-corrected chi connectivity index (χ2v) is 3.78. The van der Waals surface area contributed by atoms with E-state index in [0.29, 0.717) is 12.2 Å². The topological polar surface area (TPSA) is 55.7 Å². The third-order valence-corrected chi connectivity index (χ3v) is 2.59. The Morgan fingerprint density at radius 3 is 2.71 bits per heavy atom. The van der Waals surface area contributed by atoms with Crippen molar-refractivity contribution >= 4 is 5.69 Å². The molecule has 14 heavy (non-hydrogen) atoms. The molecule has 0 aliphatic carbocycles. The average Bonchev–Trinajstić information content (AvgIpc) is 2.85. The van der Waals surface area contributed by atoms with Gasteiger partial charge >= 0.3 is 0 Å². The molecule has 0 N–H and O–H groups in total. The van der Waals surface area contributed by atoms with Gasteiger partial charge in [-0.05, 0) is 19.4 Å². The Labute approximate surface area is 81.7 Å². The summed E-state index contributed by atoms with van der Waals surface area (Å²) in [6.07, 6.45) is 0. The van der Waals surface area contributed by atoms with Crippen LogP contribution in [-0.4, -0.2) is 11.5 Å². The van der Waals surface area contributed by atoms with Gasteiger partial charge in [-0.1, -0.05) is 12.1 Å². The Bertz CT molecular complexity index is 396. The molecule has 1 unspecified atom stereocenters. The van der Waals surface area contributed by atoms with Crippen molar-refractivity contribution in [1.29, 1.82) is 0 Å². The highest BCUT2D eigenvalue weighted by Crippen LogP contribution is 2.39. The first-order valence-corrected chi connectivity index (χ1v) is 4.42. The smallest absolute Gasteiger partial charge is 0.272 e. The summed E-state index contributed by atoms with van der Waals surface area (Å²) < 4.78 is 5.23. The Kier molecular flexibility index (Phi) is 1.82. The lowest BCUT2D eigenvalue weighted by atomic mass is 10.00. The number of ether oxygens (including phenoxy) is 1. The van der Waals surface area contributed by atoms with E-state index in [2.05, 4.69) is 0 Å². The lowest BCUT2D eigenvalue weighted by Crippen LogP contribution is -2.03. The molecule has 0 spiro atoms. The van der Waals surface area contributed by atoms with Crippen molar-refractivity contribution in [2.24, 2.45) is 0 Å². The molecular weight excluding hydrogens is 182 g/mol. The zero-order valence-corrected chi connectivity index (χ0v) is 8.11. The van der Waals surface area contributed by atoms with Gasteiger partial charge in [0.1, 0.15) is 5.60 Å². The summed E-state index contributed by atoms with van der Waals surface area (Å²) in [6, 6.07) is 5.25. The fourth-order valence-electron chi connectivity index (χ4n) is 1.41. The van der Waals surface area contributed by atoms with Gasteiger partial charge in [-0.2, -0.15) is 0 Å². The number of hydrogen-bond donors (Lipinski definition) is 0. The van der Waals surface area contributed by atoms with E-state index >= 15 is 0 Å². The van der Waals surface area contributed by atoms with Crippen LogP contribution in [0.25, 0.3) is 0 Å². The Morgan fingerprint density at radius 1 is 1.57 bits per heavy atom. The summed E-state index contributed by atoms with van der Waals surface area (Å²) in [4.78, 5) is 10.3. The molecule has 0 radical (unpaired) electrons. The second-order valence-electron chi connectivity index (χ2n) is 3.78. The monoisotopic (exact) mass is 193 g/mol. The van der Waals surface area contributed by atoms with Gasteiger partial charge in [-0.15, -0.1) is 0 Å². The van der Waals surface area contributed by atoms with Gasteiger partial charge in [0, 0.05) is 11.6 Å². The molecule has 1 fully saturated rings. The Hall–Kier alpha value is -1.42. The van der Waals surface area contributed by atoms with E-state index in [0.717, 1.165) is 5.56 Å². The predicted octanol–water partition coefficient (Wildman–Crippen LogP) is 2.15. The number of aryl methyl sites for hydroxylation is 1. The van der Waals surface area contributed by atoms with Gasteiger partial charge in [0.2, 0.25) is 0 Å². The highest BCUT2D eigenvalue weighted by molar-refractivity contribution is 5.45. The first-order valence-electron chi connectivity index (χ1n) is 4.42. The van der Waals surface area contributed by atoms with Gasteiger partial charge in [0.25, 0.3) is 5.69 Å². The number of nitrogens with zero attached hydrogens (tertiary/aromatic N) is 1. The number of nitro groups is 1. The van der Waals surface area contributed by atoms with Crippen molar-refractivity contribution in [2.45, 2.75) is 19.4 Å². The molecule has 1 atom stereocenters.